The third-order valence-corrected chi connectivity index (χ3v) is 11.9. The Morgan fingerprint density at radius 3 is 1.40 bits per heavy atom. The molecule has 2 spiro atoms. The molecule has 0 amide bonds. The molecule has 40 heavy (non-hydrogen) atoms. The van der Waals surface area contributed by atoms with Crippen LogP contribution in [-0.2, 0) is 10.8 Å². The van der Waals surface area contributed by atoms with E-state index in [1.807, 2.05) is 12.1 Å². The lowest BCUT2D eigenvalue weighted by Crippen LogP contribution is -2.29. The van der Waals surface area contributed by atoms with Crippen molar-refractivity contribution in [3.05, 3.63) is 90.5 Å². The molecule has 4 aliphatic rings. The highest BCUT2D eigenvalue weighted by Gasteiger charge is 2.50. The van der Waals surface area contributed by atoms with Crippen molar-refractivity contribution >= 4 is 34.8 Å². The highest BCUT2D eigenvalue weighted by atomic mass is 32.1. The van der Waals surface area contributed by atoms with E-state index in [4.69, 9.17) is 13.1 Å². The first kappa shape index (κ1) is 25.1. The van der Waals surface area contributed by atoms with Gasteiger partial charge in [0.05, 0.1) is 25.3 Å². The Morgan fingerprint density at radius 2 is 1.05 bits per heavy atom. The molecule has 0 saturated heterocycles. The summed E-state index contributed by atoms with van der Waals surface area (Å²) in [5.74, 6) is 0. The molecule has 1 aromatic carbocycles. The molecule has 7 rings (SSSR count). The van der Waals surface area contributed by atoms with Crippen molar-refractivity contribution in [2.75, 3.05) is 0 Å². The van der Waals surface area contributed by atoms with Gasteiger partial charge in [0.1, 0.15) is 0 Å². The van der Waals surface area contributed by atoms with Gasteiger partial charge in [0.2, 0.25) is 0 Å². The normalized spacial score (nSPS) is 19.6. The Bertz CT molecular complexity index is 1640. The summed E-state index contributed by atoms with van der Waals surface area (Å²) in [6.45, 7) is 14.7. The SMILES string of the molecule is [C-]#[N+]/C(C#N)=C\c1cc2c(s1)-c1cc3c(cc1C21CCCCC1)-c1sc(/C=C(\C#N)[N+]#[C-])cc1C31CCCCC1. The van der Waals surface area contributed by atoms with Gasteiger partial charge in [0, 0.05) is 30.3 Å². The van der Waals surface area contributed by atoms with Gasteiger partial charge in [0.15, 0.2) is 0 Å². The van der Waals surface area contributed by atoms with Gasteiger partial charge in [-0.05, 0) is 95.5 Å². The number of hydrogen-bond donors (Lipinski definition) is 0. The van der Waals surface area contributed by atoms with E-state index in [-0.39, 0.29) is 22.2 Å². The molecule has 0 N–H and O–H groups in total. The Balaban J connectivity index is 1.46. The zero-order valence-electron chi connectivity index (χ0n) is 22.1. The van der Waals surface area contributed by atoms with Crippen LogP contribution in [0.1, 0.15) is 96.2 Å². The van der Waals surface area contributed by atoms with E-state index in [0.29, 0.717) is 0 Å². The van der Waals surface area contributed by atoms with Gasteiger partial charge in [-0.15, -0.1) is 22.7 Å². The average molecular weight is 555 g/mol. The van der Waals surface area contributed by atoms with Crippen molar-refractivity contribution in [2.24, 2.45) is 0 Å². The van der Waals surface area contributed by atoms with Crippen molar-refractivity contribution in [3.8, 4) is 33.0 Å². The quantitative estimate of drug-likeness (QED) is 0.234. The first-order chi connectivity index (χ1) is 19.6. The number of rotatable bonds is 2. The first-order valence-corrected chi connectivity index (χ1v) is 15.7. The van der Waals surface area contributed by atoms with Crippen LogP contribution in [0.15, 0.2) is 35.7 Å². The molecule has 6 heteroatoms. The van der Waals surface area contributed by atoms with Crippen LogP contribution in [0.25, 0.3) is 42.7 Å². The molecular formula is C34H26N4S2. The lowest BCUT2D eigenvalue weighted by molar-refractivity contribution is 0.350. The first-order valence-electron chi connectivity index (χ1n) is 14.0. The molecule has 0 radical (unpaired) electrons. The fourth-order valence-corrected chi connectivity index (χ4v) is 10.4. The van der Waals surface area contributed by atoms with Gasteiger partial charge in [-0.25, -0.2) is 20.2 Å². The lowest BCUT2D eigenvalue weighted by atomic mass is 9.66. The molecule has 4 aliphatic carbocycles. The molecule has 0 unspecified atom stereocenters. The van der Waals surface area contributed by atoms with Crippen molar-refractivity contribution in [3.63, 3.8) is 0 Å². The minimum absolute atomic E-state index is 0.00794. The molecular weight excluding hydrogens is 529 g/mol. The maximum atomic E-state index is 9.38. The second-order valence-electron chi connectivity index (χ2n) is 11.5. The van der Waals surface area contributed by atoms with Crippen LogP contribution in [0.2, 0.25) is 0 Å². The van der Waals surface area contributed by atoms with Gasteiger partial charge in [0.25, 0.3) is 11.4 Å². The number of thiophene rings is 2. The maximum Gasteiger partial charge on any atom is 0.263 e. The molecule has 2 fully saturated rings. The van der Waals surface area contributed by atoms with Crippen LogP contribution >= 0.6 is 22.7 Å². The molecule has 2 heterocycles. The molecule has 2 saturated carbocycles. The molecule has 2 aromatic heterocycles. The molecule has 0 bridgehead atoms. The fraction of sp³-hybridized carbons (Fsp3) is 0.353. The summed E-state index contributed by atoms with van der Waals surface area (Å²) >= 11 is 3.47. The zero-order chi connectivity index (χ0) is 27.5. The van der Waals surface area contributed by atoms with E-state index < -0.39 is 0 Å². The van der Waals surface area contributed by atoms with E-state index in [2.05, 4.69) is 34.0 Å². The van der Waals surface area contributed by atoms with Crippen LogP contribution in [0.3, 0.4) is 0 Å². The van der Waals surface area contributed by atoms with Gasteiger partial charge in [-0.2, -0.15) is 0 Å². The Hall–Kier alpha value is -3.94. The number of allylic oxidation sites excluding steroid dienone is 2. The minimum atomic E-state index is -0.00794. The standard InChI is InChI=1S/C34H26N4S2/c1-37-21(19-35)13-23-15-29-31(39-23)25-17-28-26(18-27(25)33(29)9-5-3-6-10-33)32-30(34(28)11-7-4-8-12-34)16-24(40-32)14-22(20-36)38-2/h13-18H,3-12H2/b21-13-,22-14+. The summed E-state index contributed by atoms with van der Waals surface area (Å²) in [6, 6.07) is 13.6. The predicted octanol–water partition coefficient (Wildman–Crippen LogP) is 9.84. The predicted molar refractivity (Wildman–Crippen MR) is 161 cm³/mol. The van der Waals surface area contributed by atoms with E-state index in [0.717, 1.165) is 35.4 Å². The Labute approximate surface area is 243 Å². The number of nitriles is 2. The minimum Gasteiger partial charge on any atom is -0.227 e. The molecule has 3 aromatic rings. The average Bonchev–Trinajstić information content (AvgIpc) is 3.72. The van der Waals surface area contributed by atoms with Crippen LogP contribution in [0.5, 0.6) is 0 Å². The highest BCUT2D eigenvalue weighted by Crippen LogP contribution is 2.64. The fourth-order valence-electron chi connectivity index (χ4n) is 7.97. The summed E-state index contributed by atoms with van der Waals surface area (Å²) in [7, 11) is 0. The summed E-state index contributed by atoms with van der Waals surface area (Å²) in [6.07, 6.45) is 15.4. The largest absolute Gasteiger partial charge is 0.263 e. The Morgan fingerprint density at radius 1 is 0.650 bits per heavy atom. The Kier molecular flexibility index (Phi) is 5.84. The van der Waals surface area contributed by atoms with Crippen molar-refractivity contribution < 1.29 is 0 Å². The number of hydrogen-bond acceptors (Lipinski definition) is 4. The van der Waals surface area contributed by atoms with Crippen LogP contribution in [-0.4, -0.2) is 0 Å². The van der Waals surface area contributed by atoms with Gasteiger partial charge < -0.3 is 0 Å². The molecule has 4 nitrogen and oxygen atoms in total. The van der Waals surface area contributed by atoms with Crippen LogP contribution < -0.4 is 0 Å². The lowest BCUT2D eigenvalue weighted by Gasteiger charge is -2.37. The second-order valence-corrected chi connectivity index (χ2v) is 13.7. The van der Waals surface area contributed by atoms with Gasteiger partial charge in [-0.1, -0.05) is 38.5 Å². The van der Waals surface area contributed by atoms with Crippen molar-refractivity contribution in [2.45, 2.75) is 75.0 Å². The monoisotopic (exact) mass is 554 g/mol. The summed E-state index contributed by atoms with van der Waals surface area (Å²) in [4.78, 5) is 11.5. The van der Waals surface area contributed by atoms with E-state index >= 15 is 0 Å². The third-order valence-electron chi connectivity index (χ3n) is 9.65. The van der Waals surface area contributed by atoms with E-state index in [1.54, 1.807) is 34.8 Å². The topological polar surface area (TPSA) is 56.3 Å². The van der Waals surface area contributed by atoms with Gasteiger partial charge >= 0.3 is 0 Å². The summed E-state index contributed by atoms with van der Waals surface area (Å²) in [5.41, 5.74) is 8.69. The van der Waals surface area contributed by atoms with Crippen LogP contribution in [0, 0.1) is 35.8 Å². The van der Waals surface area contributed by atoms with E-state index in [9.17, 15) is 10.5 Å². The second kappa shape index (κ2) is 9.32. The number of fused-ring (bicyclic) bond motifs is 10. The maximum absolute atomic E-state index is 9.38. The van der Waals surface area contributed by atoms with Crippen LogP contribution in [0.4, 0.5) is 0 Å². The zero-order valence-corrected chi connectivity index (χ0v) is 23.8. The van der Waals surface area contributed by atoms with Gasteiger partial charge in [-0.3, -0.25) is 0 Å². The molecule has 0 atom stereocenters. The van der Waals surface area contributed by atoms with E-state index in [1.165, 1.54) is 81.7 Å². The number of nitrogens with zero attached hydrogens (tertiary/aromatic N) is 4. The number of benzene rings is 1. The highest BCUT2D eigenvalue weighted by molar-refractivity contribution is 7.17. The van der Waals surface area contributed by atoms with Crippen molar-refractivity contribution in [1.29, 1.82) is 10.5 Å². The summed E-state index contributed by atoms with van der Waals surface area (Å²) in [5, 5.41) is 18.8. The van der Waals surface area contributed by atoms with Crippen molar-refractivity contribution in [1.82, 2.24) is 0 Å². The molecule has 194 valence electrons. The summed E-state index contributed by atoms with van der Waals surface area (Å²) < 4.78 is 0. The third kappa shape index (κ3) is 3.44. The smallest absolute Gasteiger partial charge is 0.227 e. The molecule has 0 aliphatic heterocycles.